The van der Waals surface area contributed by atoms with Gasteiger partial charge in [-0.05, 0) is 46.5 Å². The Kier molecular flexibility index (Phi) is 2.67. The summed E-state index contributed by atoms with van der Waals surface area (Å²) in [5.41, 5.74) is 6.99. The van der Waals surface area contributed by atoms with Crippen molar-refractivity contribution in [2.24, 2.45) is 0 Å². The van der Waals surface area contributed by atoms with Gasteiger partial charge in [-0.15, -0.1) is 0 Å². The highest BCUT2D eigenvalue weighted by atomic mass is 35.5. The Hall–Kier alpha value is -0.950. The van der Waals surface area contributed by atoms with E-state index in [4.69, 9.17) is 34.8 Å². The molecule has 3 heteroatoms. The Morgan fingerprint density at radius 3 is 1.59 bits per heavy atom. The summed E-state index contributed by atoms with van der Waals surface area (Å²) < 4.78 is 0. The van der Waals surface area contributed by atoms with Crippen LogP contribution in [0.2, 0.25) is 10.0 Å². The molecule has 0 radical (unpaired) electrons. The molecule has 0 heterocycles. The fraction of sp³-hybridized carbons (Fsp3) is 0. The summed E-state index contributed by atoms with van der Waals surface area (Å²) in [7, 11) is 0. The summed E-state index contributed by atoms with van der Waals surface area (Å²) in [5.74, 6) is 0. The van der Waals surface area contributed by atoms with Crippen LogP contribution in [0.3, 0.4) is 0 Å². The van der Waals surface area contributed by atoms with Crippen LogP contribution in [0.5, 0.6) is 0 Å². The summed E-state index contributed by atoms with van der Waals surface area (Å²) in [6, 6.07) is 11.6. The molecule has 84 valence electrons. The van der Waals surface area contributed by atoms with Crippen molar-refractivity contribution in [3.8, 4) is 11.1 Å². The second kappa shape index (κ2) is 4.06. The Morgan fingerprint density at radius 2 is 1.18 bits per heavy atom. The van der Waals surface area contributed by atoms with E-state index in [9.17, 15) is 0 Å². The first-order valence-corrected chi connectivity index (χ1v) is 6.30. The average molecular weight is 282 g/mol. The van der Waals surface area contributed by atoms with Gasteiger partial charge in [-0.2, -0.15) is 0 Å². The maximum atomic E-state index is 6.04. The molecule has 0 aromatic heterocycles. The summed E-state index contributed by atoms with van der Waals surface area (Å²) in [5, 5.41) is 1.43. The average Bonchev–Trinajstić information content (AvgIpc) is 2.62. The van der Waals surface area contributed by atoms with Gasteiger partial charge in [0.1, 0.15) is 0 Å². The quantitative estimate of drug-likeness (QED) is 0.503. The number of hydrogen-bond donors (Lipinski definition) is 0. The van der Waals surface area contributed by atoms with E-state index < -0.39 is 0 Å². The molecule has 0 N–H and O–H groups in total. The van der Waals surface area contributed by atoms with Crippen LogP contribution >= 0.6 is 34.8 Å². The van der Waals surface area contributed by atoms with Gasteiger partial charge < -0.3 is 0 Å². The van der Waals surface area contributed by atoms with Gasteiger partial charge >= 0.3 is 0 Å². The van der Waals surface area contributed by atoms with Gasteiger partial charge in [0.05, 0.1) is 0 Å². The number of halogens is 3. The highest BCUT2D eigenvalue weighted by molar-refractivity contribution is 6.33. The van der Waals surface area contributed by atoms with Crippen LogP contribution in [-0.4, -0.2) is 0 Å². The third kappa shape index (κ3) is 1.68. The van der Waals surface area contributed by atoms with E-state index in [0.29, 0.717) is 10.0 Å². The summed E-state index contributed by atoms with van der Waals surface area (Å²) >= 11 is 18.0. The van der Waals surface area contributed by atoms with Gasteiger partial charge in [0.25, 0.3) is 0 Å². The normalized spacial score (nSPS) is 12.3. The van der Waals surface area contributed by atoms with Crippen molar-refractivity contribution in [1.29, 1.82) is 0 Å². The first-order valence-electron chi connectivity index (χ1n) is 5.11. The van der Waals surface area contributed by atoms with Gasteiger partial charge in [-0.1, -0.05) is 46.9 Å². The van der Waals surface area contributed by atoms with Crippen LogP contribution in [0.25, 0.3) is 16.7 Å². The van der Waals surface area contributed by atoms with E-state index in [2.05, 4.69) is 0 Å². The van der Waals surface area contributed by atoms with Gasteiger partial charge in [-0.25, -0.2) is 0 Å². The molecule has 0 saturated carbocycles. The van der Waals surface area contributed by atoms with E-state index in [-0.39, 0.29) is 0 Å². The third-order valence-corrected chi connectivity index (χ3v) is 3.63. The maximum absolute atomic E-state index is 6.04. The minimum atomic E-state index is 0.713. The molecular weight excluding hydrogens is 275 g/mol. The lowest BCUT2D eigenvalue weighted by Crippen LogP contribution is -1.78. The summed E-state index contributed by atoms with van der Waals surface area (Å²) in [6.07, 6.45) is 0. The van der Waals surface area contributed by atoms with Crippen molar-refractivity contribution < 1.29 is 0 Å². The summed E-state index contributed by atoms with van der Waals surface area (Å²) in [4.78, 5) is 0. The predicted molar refractivity (Wildman–Crippen MR) is 74.8 cm³/mol. The van der Waals surface area contributed by atoms with E-state index in [0.717, 1.165) is 27.8 Å². The maximum Gasteiger partial charge on any atom is 0.0412 e. The molecule has 3 rings (SSSR count). The number of hydrogen-bond acceptors (Lipinski definition) is 0. The molecule has 2 aromatic rings. The topological polar surface area (TPSA) is 0 Å². The number of fused-ring (bicyclic) bond motifs is 3. The zero-order chi connectivity index (χ0) is 12.0. The fourth-order valence-electron chi connectivity index (χ4n) is 2.21. The molecule has 1 aliphatic rings. The molecule has 0 amide bonds. The van der Waals surface area contributed by atoms with Crippen molar-refractivity contribution >= 4 is 40.4 Å². The highest BCUT2D eigenvalue weighted by Crippen LogP contribution is 2.46. The van der Waals surface area contributed by atoms with E-state index in [1.54, 1.807) is 5.54 Å². The van der Waals surface area contributed by atoms with Crippen molar-refractivity contribution in [2.75, 3.05) is 0 Å². The van der Waals surface area contributed by atoms with Crippen LogP contribution < -0.4 is 0 Å². The SMILES string of the molecule is ClC=C1c2ccc(Cl)cc2-c2cc(Cl)ccc21. The molecule has 17 heavy (non-hydrogen) atoms. The van der Waals surface area contributed by atoms with Crippen LogP contribution in [0.4, 0.5) is 0 Å². The molecular formula is C14H7Cl3. The standard InChI is InChI=1S/C14H7Cl3/c15-7-14-10-3-1-8(16)5-12(10)13-6-9(17)2-4-11(13)14/h1-7H. The molecule has 0 fully saturated rings. The first-order chi connectivity index (χ1) is 8.20. The number of rotatable bonds is 0. The monoisotopic (exact) mass is 280 g/mol. The van der Waals surface area contributed by atoms with Crippen molar-refractivity contribution in [3.05, 3.63) is 63.1 Å². The Morgan fingerprint density at radius 1 is 0.706 bits per heavy atom. The van der Waals surface area contributed by atoms with Crippen LogP contribution in [0.15, 0.2) is 41.9 Å². The molecule has 0 nitrogen and oxygen atoms in total. The molecule has 1 aliphatic carbocycles. The van der Waals surface area contributed by atoms with E-state index >= 15 is 0 Å². The molecule has 2 aromatic carbocycles. The van der Waals surface area contributed by atoms with Crippen LogP contribution in [0, 0.1) is 0 Å². The molecule has 0 atom stereocenters. The van der Waals surface area contributed by atoms with Gasteiger partial charge in [0.15, 0.2) is 0 Å². The first kappa shape index (κ1) is 11.2. The van der Waals surface area contributed by atoms with Crippen molar-refractivity contribution in [2.45, 2.75) is 0 Å². The molecule has 0 spiro atoms. The summed E-state index contributed by atoms with van der Waals surface area (Å²) in [6.45, 7) is 0. The Bertz CT molecular complexity index is 588. The highest BCUT2D eigenvalue weighted by Gasteiger charge is 2.23. The minimum absolute atomic E-state index is 0.713. The molecule has 0 unspecified atom stereocenters. The van der Waals surface area contributed by atoms with Gasteiger partial charge in [-0.3, -0.25) is 0 Å². The lowest BCUT2D eigenvalue weighted by molar-refractivity contribution is 1.64. The van der Waals surface area contributed by atoms with Gasteiger partial charge in [0, 0.05) is 21.2 Å². The Labute approximate surface area is 114 Å². The van der Waals surface area contributed by atoms with Crippen LogP contribution in [-0.2, 0) is 0 Å². The molecule has 0 saturated heterocycles. The molecule has 0 aliphatic heterocycles. The van der Waals surface area contributed by atoms with Crippen molar-refractivity contribution in [3.63, 3.8) is 0 Å². The fourth-order valence-corrected chi connectivity index (χ4v) is 2.79. The Balaban J connectivity index is 2.39. The zero-order valence-corrected chi connectivity index (χ0v) is 10.9. The third-order valence-electron chi connectivity index (χ3n) is 2.94. The van der Waals surface area contributed by atoms with Gasteiger partial charge in [0.2, 0.25) is 0 Å². The smallest absolute Gasteiger partial charge is 0.0412 e. The lowest BCUT2D eigenvalue weighted by Gasteiger charge is -2.01. The van der Waals surface area contributed by atoms with Crippen molar-refractivity contribution in [1.82, 2.24) is 0 Å². The van der Waals surface area contributed by atoms with Crippen LogP contribution in [0.1, 0.15) is 11.1 Å². The number of benzene rings is 2. The minimum Gasteiger partial charge on any atom is -0.0923 e. The predicted octanol–water partition coefficient (Wildman–Crippen LogP) is 5.60. The van der Waals surface area contributed by atoms with E-state index in [1.807, 2.05) is 36.4 Å². The second-order valence-corrected chi connectivity index (χ2v) is 4.99. The second-order valence-electron chi connectivity index (χ2n) is 3.90. The molecule has 0 bridgehead atoms. The zero-order valence-electron chi connectivity index (χ0n) is 8.68. The van der Waals surface area contributed by atoms with E-state index in [1.165, 1.54) is 0 Å². The lowest BCUT2D eigenvalue weighted by atomic mass is 10.1. The largest absolute Gasteiger partial charge is 0.0923 e.